The molecule has 1 heterocycles. The summed E-state index contributed by atoms with van der Waals surface area (Å²) in [6.07, 6.45) is 7.72. The van der Waals surface area contributed by atoms with Gasteiger partial charge in [0.05, 0.1) is 13.2 Å². The van der Waals surface area contributed by atoms with Crippen LogP contribution in [0.25, 0.3) is 0 Å². The van der Waals surface area contributed by atoms with E-state index in [4.69, 9.17) is 9.31 Å². The Kier molecular flexibility index (Phi) is 5.45. The van der Waals surface area contributed by atoms with E-state index < -0.39 is 0 Å². The lowest BCUT2D eigenvalue weighted by Gasteiger charge is -2.02. The third kappa shape index (κ3) is 4.12. The van der Waals surface area contributed by atoms with Crippen LogP contribution in [0.2, 0.25) is 6.32 Å². The van der Waals surface area contributed by atoms with E-state index in [1.807, 2.05) is 0 Å². The first-order valence-corrected chi connectivity index (χ1v) is 5.16. The normalized spacial score (nSPS) is 17.2. The zero-order valence-electron chi connectivity index (χ0n) is 8.05. The Labute approximate surface area is 75.8 Å². The molecule has 0 aromatic rings. The molecule has 2 nitrogen and oxygen atoms in total. The van der Waals surface area contributed by atoms with Crippen molar-refractivity contribution in [1.82, 2.24) is 0 Å². The van der Waals surface area contributed by atoms with Crippen molar-refractivity contribution in [2.45, 2.75) is 45.3 Å². The van der Waals surface area contributed by atoms with Gasteiger partial charge in [0.25, 0.3) is 0 Å². The molecule has 0 atom stereocenters. The quantitative estimate of drug-likeness (QED) is 0.450. The van der Waals surface area contributed by atoms with Gasteiger partial charge in [0, 0.05) is 0 Å². The smallest absolute Gasteiger partial charge is 0.409 e. The molecular formula is C9H19BO2. The van der Waals surface area contributed by atoms with Crippen LogP contribution in [0.5, 0.6) is 0 Å². The molecule has 12 heavy (non-hydrogen) atoms. The van der Waals surface area contributed by atoms with Crippen LogP contribution in [-0.4, -0.2) is 20.3 Å². The molecule has 0 saturated carbocycles. The fourth-order valence-corrected chi connectivity index (χ4v) is 1.49. The third-order valence-electron chi connectivity index (χ3n) is 2.23. The molecular weight excluding hydrogens is 151 g/mol. The molecule has 0 aromatic heterocycles. The first-order chi connectivity index (χ1) is 5.93. The number of hydrogen-bond acceptors (Lipinski definition) is 2. The highest BCUT2D eigenvalue weighted by Gasteiger charge is 2.22. The van der Waals surface area contributed by atoms with E-state index in [9.17, 15) is 0 Å². The van der Waals surface area contributed by atoms with Crippen LogP contribution in [0.1, 0.15) is 39.0 Å². The molecule has 0 bridgehead atoms. The van der Waals surface area contributed by atoms with Crippen LogP contribution >= 0.6 is 0 Å². The molecule has 1 aliphatic heterocycles. The second-order valence-corrected chi connectivity index (χ2v) is 3.37. The maximum absolute atomic E-state index is 5.34. The Balaban J connectivity index is 1.81. The molecule has 0 N–H and O–H groups in total. The summed E-state index contributed by atoms with van der Waals surface area (Å²) in [5, 5.41) is 0. The van der Waals surface area contributed by atoms with Crippen molar-refractivity contribution in [2.24, 2.45) is 0 Å². The Hall–Kier alpha value is -0.0151. The summed E-state index contributed by atoms with van der Waals surface area (Å²) in [4.78, 5) is 0. The van der Waals surface area contributed by atoms with Crippen molar-refractivity contribution < 1.29 is 9.31 Å². The number of hydrogen-bond donors (Lipinski definition) is 0. The molecule has 1 saturated heterocycles. The van der Waals surface area contributed by atoms with Crippen LogP contribution in [0, 0.1) is 0 Å². The highest BCUT2D eigenvalue weighted by molar-refractivity contribution is 6.44. The SMILES string of the molecule is CCCCCCCB1OCCO1. The Morgan fingerprint density at radius 3 is 2.33 bits per heavy atom. The molecule has 3 heteroatoms. The first-order valence-electron chi connectivity index (χ1n) is 5.16. The van der Waals surface area contributed by atoms with Crippen molar-refractivity contribution in [2.75, 3.05) is 13.2 Å². The van der Waals surface area contributed by atoms with Crippen LogP contribution in [0.3, 0.4) is 0 Å². The second-order valence-electron chi connectivity index (χ2n) is 3.37. The molecule has 0 aromatic carbocycles. The minimum atomic E-state index is 0.117. The molecule has 0 amide bonds. The lowest BCUT2D eigenvalue weighted by atomic mass is 9.82. The van der Waals surface area contributed by atoms with Crippen molar-refractivity contribution in [3.8, 4) is 0 Å². The topological polar surface area (TPSA) is 18.5 Å². The van der Waals surface area contributed by atoms with Gasteiger partial charge in [0.1, 0.15) is 0 Å². The van der Waals surface area contributed by atoms with E-state index in [0.717, 1.165) is 19.5 Å². The van der Waals surface area contributed by atoms with Crippen LogP contribution in [0.4, 0.5) is 0 Å². The Bertz CT molecular complexity index is 103. The van der Waals surface area contributed by atoms with Gasteiger partial charge in [-0.05, 0) is 6.32 Å². The minimum absolute atomic E-state index is 0.117. The summed E-state index contributed by atoms with van der Waals surface area (Å²) in [7, 11) is 0.117. The summed E-state index contributed by atoms with van der Waals surface area (Å²) < 4.78 is 10.7. The summed E-state index contributed by atoms with van der Waals surface area (Å²) in [5.41, 5.74) is 0. The van der Waals surface area contributed by atoms with E-state index in [1.54, 1.807) is 0 Å². The Morgan fingerprint density at radius 2 is 1.67 bits per heavy atom. The largest absolute Gasteiger partial charge is 0.457 e. The number of rotatable bonds is 6. The lowest BCUT2D eigenvalue weighted by Crippen LogP contribution is -2.12. The van der Waals surface area contributed by atoms with Crippen molar-refractivity contribution in [3.63, 3.8) is 0 Å². The molecule has 1 rings (SSSR count). The highest BCUT2D eigenvalue weighted by Crippen LogP contribution is 2.11. The summed E-state index contributed by atoms with van der Waals surface area (Å²) in [6, 6.07) is 0. The molecule has 0 aliphatic carbocycles. The minimum Gasteiger partial charge on any atom is -0.409 e. The average Bonchev–Trinajstić information content (AvgIpc) is 2.57. The van der Waals surface area contributed by atoms with Gasteiger partial charge in [0.2, 0.25) is 0 Å². The second kappa shape index (κ2) is 6.50. The fourth-order valence-electron chi connectivity index (χ4n) is 1.49. The zero-order chi connectivity index (χ0) is 8.65. The monoisotopic (exact) mass is 170 g/mol. The van der Waals surface area contributed by atoms with Crippen LogP contribution in [0.15, 0.2) is 0 Å². The van der Waals surface area contributed by atoms with Gasteiger partial charge in [-0.1, -0.05) is 39.0 Å². The molecule has 0 spiro atoms. The van der Waals surface area contributed by atoms with Crippen LogP contribution < -0.4 is 0 Å². The van der Waals surface area contributed by atoms with Gasteiger partial charge in [0.15, 0.2) is 0 Å². The van der Waals surface area contributed by atoms with Gasteiger partial charge in [-0.15, -0.1) is 0 Å². The van der Waals surface area contributed by atoms with E-state index in [2.05, 4.69) is 6.92 Å². The van der Waals surface area contributed by atoms with Crippen molar-refractivity contribution >= 4 is 7.12 Å². The first kappa shape index (κ1) is 10.1. The fraction of sp³-hybridized carbons (Fsp3) is 1.00. The third-order valence-corrected chi connectivity index (χ3v) is 2.23. The molecule has 70 valence electrons. The predicted molar refractivity (Wildman–Crippen MR) is 51.2 cm³/mol. The van der Waals surface area contributed by atoms with Crippen LogP contribution in [-0.2, 0) is 9.31 Å². The van der Waals surface area contributed by atoms with Gasteiger partial charge in [-0.3, -0.25) is 0 Å². The van der Waals surface area contributed by atoms with E-state index in [-0.39, 0.29) is 7.12 Å². The molecule has 1 fully saturated rings. The van der Waals surface area contributed by atoms with Gasteiger partial charge in [-0.25, -0.2) is 0 Å². The Morgan fingerprint density at radius 1 is 1.00 bits per heavy atom. The maximum atomic E-state index is 5.34. The summed E-state index contributed by atoms with van der Waals surface area (Å²) in [5.74, 6) is 0. The van der Waals surface area contributed by atoms with E-state index in [1.165, 1.54) is 32.1 Å². The molecule has 1 aliphatic rings. The summed E-state index contributed by atoms with van der Waals surface area (Å²) in [6.45, 7) is 3.82. The summed E-state index contributed by atoms with van der Waals surface area (Å²) >= 11 is 0. The number of unbranched alkanes of at least 4 members (excludes halogenated alkanes) is 4. The maximum Gasteiger partial charge on any atom is 0.457 e. The van der Waals surface area contributed by atoms with Gasteiger partial charge < -0.3 is 9.31 Å². The van der Waals surface area contributed by atoms with Crippen molar-refractivity contribution in [3.05, 3.63) is 0 Å². The van der Waals surface area contributed by atoms with Gasteiger partial charge in [-0.2, -0.15) is 0 Å². The highest BCUT2D eigenvalue weighted by atomic mass is 16.6. The van der Waals surface area contributed by atoms with Gasteiger partial charge >= 0.3 is 7.12 Å². The molecule has 0 radical (unpaired) electrons. The molecule has 0 unspecified atom stereocenters. The van der Waals surface area contributed by atoms with E-state index >= 15 is 0 Å². The standard InChI is InChI=1S/C9H19BO2/c1-2-3-4-5-6-7-10-11-8-9-12-10/h2-9H2,1H3. The van der Waals surface area contributed by atoms with E-state index in [0.29, 0.717) is 0 Å². The lowest BCUT2D eigenvalue weighted by molar-refractivity contribution is 0.365. The average molecular weight is 170 g/mol. The zero-order valence-corrected chi connectivity index (χ0v) is 8.05. The van der Waals surface area contributed by atoms with Crippen molar-refractivity contribution in [1.29, 1.82) is 0 Å². The predicted octanol–water partition coefficient (Wildman–Crippen LogP) is 2.49.